The highest BCUT2D eigenvalue weighted by Crippen LogP contribution is 2.01. The third-order valence-corrected chi connectivity index (χ3v) is 3.00. The molecule has 4 heteroatoms. The molecule has 0 aliphatic carbocycles. The van der Waals surface area contributed by atoms with Gasteiger partial charge in [-0.3, -0.25) is 4.79 Å². The van der Waals surface area contributed by atoms with Gasteiger partial charge < -0.3 is 14.9 Å². The van der Waals surface area contributed by atoms with E-state index in [2.05, 4.69) is 19.4 Å². The van der Waals surface area contributed by atoms with Crippen molar-refractivity contribution < 1.29 is 14.4 Å². The van der Waals surface area contributed by atoms with Gasteiger partial charge in [-0.2, -0.15) is 0 Å². The van der Waals surface area contributed by atoms with Crippen LogP contribution in [-0.4, -0.2) is 55.8 Å². The fourth-order valence-electron chi connectivity index (χ4n) is 1.46. The number of nitrogens with one attached hydrogen (secondary N) is 1. The molecule has 0 aromatic heterocycles. The molecule has 2 N–H and O–H groups in total. The zero-order valence-electron chi connectivity index (χ0n) is 11.1. The van der Waals surface area contributed by atoms with Crippen molar-refractivity contribution in [3.05, 3.63) is 0 Å². The first-order valence-electron chi connectivity index (χ1n) is 6.13. The van der Waals surface area contributed by atoms with Crippen molar-refractivity contribution in [3.63, 3.8) is 0 Å². The van der Waals surface area contributed by atoms with Crippen LogP contribution in [0.2, 0.25) is 0 Å². The lowest BCUT2D eigenvalue weighted by Crippen LogP contribution is -2.44. The van der Waals surface area contributed by atoms with Gasteiger partial charge in [0, 0.05) is 18.9 Å². The summed E-state index contributed by atoms with van der Waals surface area (Å²) < 4.78 is 0.801. The molecular formula is C12H27N2O2+. The van der Waals surface area contributed by atoms with E-state index in [0.717, 1.165) is 37.0 Å². The zero-order chi connectivity index (χ0) is 12.6. The number of quaternary nitrogens is 1. The molecule has 96 valence electrons. The van der Waals surface area contributed by atoms with E-state index in [1.165, 1.54) is 0 Å². The van der Waals surface area contributed by atoms with Crippen molar-refractivity contribution in [2.45, 2.75) is 26.7 Å². The van der Waals surface area contributed by atoms with E-state index in [0.29, 0.717) is 0 Å². The molecule has 0 radical (unpaired) electrons. The summed E-state index contributed by atoms with van der Waals surface area (Å²) in [5.41, 5.74) is 0. The van der Waals surface area contributed by atoms with E-state index in [1.807, 2.05) is 13.8 Å². The predicted octanol–water partition coefficient (Wildman–Crippen LogP) is 0.608. The van der Waals surface area contributed by atoms with Crippen molar-refractivity contribution in [2.75, 3.05) is 40.3 Å². The molecule has 0 heterocycles. The SMILES string of the molecule is CCC(C)C(=O)NCCC[N+](C)(C)CCO. The minimum atomic E-state index is 0.111. The van der Waals surface area contributed by atoms with E-state index in [9.17, 15) is 4.79 Å². The van der Waals surface area contributed by atoms with Gasteiger partial charge in [0.1, 0.15) is 6.54 Å². The zero-order valence-corrected chi connectivity index (χ0v) is 11.1. The highest BCUT2D eigenvalue weighted by atomic mass is 16.3. The molecule has 1 unspecified atom stereocenters. The molecule has 0 aliphatic rings. The Balaban J connectivity index is 3.64. The quantitative estimate of drug-likeness (QED) is 0.475. The van der Waals surface area contributed by atoms with Gasteiger partial charge in [0.2, 0.25) is 5.91 Å². The third kappa shape index (κ3) is 6.80. The number of amides is 1. The highest BCUT2D eigenvalue weighted by molar-refractivity contribution is 5.78. The number of hydrogen-bond acceptors (Lipinski definition) is 2. The molecule has 0 aromatic carbocycles. The molecule has 0 aromatic rings. The minimum absolute atomic E-state index is 0.111. The third-order valence-electron chi connectivity index (χ3n) is 3.00. The lowest BCUT2D eigenvalue weighted by atomic mass is 10.1. The van der Waals surface area contributed by atoms with Crippen LogP contribution in [0.4, 0.5) is 0 Å². The number of aliphatic hydroxyl groups is 1. The first-order chi connectivity index (χ1) is 7.43. The Bertz CT molecular complexity index is 205. The first kappa shape index (κ1) is 15.4. The molecule has 0 fully saturated rings. The van der Waals surface area contributed by atoms with Gasteiger partial charge in [-0.25, -0.2) is 0 Å². The maximum Gasteiger partial charge on any atom is 0.222 e. The second-order valence-electron chi connectivity index (χ2n) is 5.06. The number of carbonyl (C=O) groups excluding carboxylic acids is 1. The summed E-state index contributed by atoms with van der Waals surface area (Å²) in [4.78, 5) is 11.5. The molecule has 0 bridgehead atoms. The van der Waals surface area contributed by atoms with Crippen LogP contribution in [0.1, 0.15) is 26.7 Å². The van der Waals surface area contributed by atoms with Crippen molar-refractivity contribution in [1.29, 1.82) is 0 Å². The van der Waals surface area contributed by atoms with Crippen LogP contribution in [0.15, 0.2) is 0 Å². The Morgan fingerprint density at radius 1 is 1.38 bits per heavy atom. The van der Waals surface area contributed by atoms with Gasteiger partial charge in [-0.1, -0.05) is 13.8 Å². The molecule has 4 nitrogen and oxygen atoms in total. The van der Waals surface area contributed by atoms with Crippen molar-refractivity contribution in [1.82, 2.24) is 5.32 Å². The fourth-order valence-corrected chi connectivity index (χ4v) is 1.46. The molecule has 0 rings (SSSR count). The molecule has 0 aliphatic heterocycles. The minimum Gasteiger partial charge on any atom is -0.391 e. The smallest absolute Gasteiger partial charge is 0.222 e. The lowest BCUT2D eigenvalue weighted by molar-refractivity contribution is -0.890. The standard InChI is InChI=1S/C12H26N2O2/c1-5-11(2)12(16)13-7-6-8-14(3,4)9-10-15/h11,15H,5-10H2,1-4H3/p+1. The van der Waals surface area contributed by atoms with E-state index < -0.39 is 0 Å². The van der Waals surface area contributed by atoms with Gasteiger partial charge >= 0.3 is 0 Å². The summed E-state index contributed by atoms with van der Waals surface area (Å²) in [6.07, 6.45) is 1.84. The Hall–Kier alpha value is -0.610. The Morgan fingerprint density at radius 3 is 2.50 bits per heavy atom. The average Bonchev–Trinajstić information content (AvgIpc) is 2.22. The van der Waals surface area contributed by atoms with Crippen LogP contribution >= 0.6 is 0 Å². The topological polar surface area (TPSA) is 49.3 Å². The summed E-state index contributed by atoms with van der Waals surface area (Å²) in [7, 11) is 4.18. The number of rotatable bonds is 8. The summed E-state index contributed by atoms with van der Waals surface area (Å²) in [5, 5.41) is 11.8. The van der Waals surface area contributed by atoms with Crippen LogP contribution in [0, 0.1) is 5.92 Å². The lowest BCUT2D eigenvalue weighted by Gasteiger charge is -2.29. The summed E-state index contributed by atoms with van der Waals surface area (Å²) in [6.45, 7) is 6.65. The molecule has 16 heavy (non-hydrogen) atoms. The Morgan fingerprint density at radius 2 is 2.00 bits per heavy atom. The number of carbonyl (C=O) groups is 1. The van der Waals surface area contributed by atoms with E-state index in [4.69, 9.17) is 5.11 Å². The fraction of sp³-hybridized carbons (Fsp3) is 0.917. The van der Waals surface area contributed by atoms with Gasteiger partial charge in [-0.05, 0) is 6.42 Å². The molecule has 0 saturated carbocycles. The van der Waals surface area contributed by atoms with Gasteiger partial charge in [0.15, 0.2) is 0 Å². The summed E-state index contributed by atoms with van der Waals surface area (Å²) in [6, 6.07) is 0. The monoisotopic (exact) mass is 231 g/mol. The van der Waals surface area contributed by atoms with Crippen molar-refractivity contribution in [2.24, 2.45) is 5.92 Å². The highest BCUT2D eigenvalue weighted by Gasteiger charge is 2.14. The maximum absolute atomic E-state index is 11.5. The predicted molar refractivity (Wildman–Crippen MR) is 66.0 cm³/mol. The molecular weight excluding hydrogens is 204 g/mol. The van der Waals surface area contributed by atoms with Gasteiger partial charge in [-0.15, -0.1) is 0 Å². The van der Waals surface area contributed by atoms with Gasteiger partial charge in [0.25, 0.3) is 0 Å². The first-order valence-corrected chi connectivity index (χ1v) is 6.13. The van der Waals surface area contributed by atoms with Crippen LogP contribution in [0.5, 0.6) is 0 Å². The van der Waals surface area contributed by atoms with Crippen LogP contribution in [0.3, 0.4) is 0 Å². The largest absolute Gasteiger partial charge is 0.391 e. The second-order valence-corrected chi connectivity index (χ2v) is 5.06. The van der Waals surface area contributed by atoms with E-state index >= 15 is 0 Å². The normalized spacial score (nSPS) is 13.6. The van der Waals surface area contributed by atoms with E-state index in [1.54, 1.807) is 0 Å². The van der Waals surface area contributed by atoms with Crippen LogP contribution in [0.25, 0.3) is 0 Å². The van der Waals surface area contributed by atoms with Gasteiger partial charge in [0.05, 0.1) is 27.2 Å². The summed E-state index contributed by atoms with van der Waals surface area (Å²) in [5.74, 6) is 0.259. The maximum atomic E-state index is 11.5. The van der Waals surface area contributed by atoms with Crippen molar-refractivity contribution in [3.8, 4) is 0 Å². The molecule has 0 saturated heterocycles. The Labute approximate surface area is 99.2 Å². The number of likely N-dealkylation sites (N-methyl/N-ethyl adjacent to an activating group) is 1. The van der Waals surface area contributed by atoms with Crippen LogP contribution < -0.4 is 5.32 Å². The summed E-state index contributed by atoms with van der Waals surface area (Å²) >= 11 is 0. The average molecular weight is 231 g/mol. The van der Waals surface area contributed by atoms with Crippen molar-refractivity contribution >= 4 is 5.91 Å². The molecule has 0 spiro atoms. The molecule has 1 amide bonds. The second kappa shape index (κ2) is 7.63. The van der Waals surface area contributed by atoms with E-state index in [-0.39, 0.29) is 18.4 Å². The molecule has 1 atom stereocenters. The van der Waals surface area contributed by atoms with Crippen LogP contribution in [-0.2, 0) is 4.79 Å². The number of hydrogen-bond donors (Lipinski definition) is 2. The number of aliphatic hydroxyl groups excluding tert-OH is 1. The Kier molecular flexibility index (Phi) is 7.34. The number of nitrogens with zero attached hydrogens (tertiary/aromatic N) is 1.